The van der Waals surface area contributed by atoms with E-state index in [9.17, 15) is 9.59 Å². The van der Waals surface area contributed by atoms with E-state index in [0.717, 1.165) is 24.8 Å². The van der Waals surface area contributed by atoms with E-state index in [2.05, 4.69) is 20.6 Å². The zero-order valence-electron chi connectivity index (χ0n) is 18.5. The SMILES string of the molecule is CNC(=O)c1nc(-c2cccc(C(=O)N[C@@H]3CCC[C@H]3OCc3ccccc3)c2)cnc1N. The smallest absolute Gasteiger partial charge is 0.273 e. The molecule has 1 aliphatic rings. The molecule has 0 radical (unpaired) electrons. The van der Waals surface area contributed by atoms with Crippen LogP contribution in [0.3, 0.4) is 0 Å². The van der Waals surface area contributed by atoms with Gasteiger partial charge >= 0.3 is 0 Å². The normalized spacial score (nSPS) is 17.5. The summed E-state index contributed by atoms with van der Waals surface area (Å²) in [5.41, 5.74) is 8.57. The van der Waals surface area contributed by atoms with Gasteiger partial charge in [0.15, 0.2) is 11.5 Å². The number of benzene rings is 2. The van der Waals surface area contributed by atoms with Crippen molar-refractivity contribution in [3.63, 3.8) is 0 Å². The van der Waals surface area contributed by atoms with Gasteiger partial charge in [-0.05, 0) is 37.0 Å². The zero-order chi connectivity index (χ0) is 23.2. The third-order valence-corrected chi connectivity index (χ3v) is 5.74. The fourth-order valence-corrected chi connectivity index (χ4v) is 3.96. The molecule has 33 heavy (non-hydrogen) atoms. The Morgan fingerprint density at radius 2 is 1.91 bits per heavy atom. The highest BCUT2D eigenvalue weighted by molar-refractivity contribution is 5.97. The highest BCUT2D eigenvalue weighted by atomic mass is 16.5. The molecule has 2 aromatic carbocycles. The van der Waals surface area contributed by atoms with Gasteiger partial charge in [-0.25, -0.2) is 9.97 Å². The Balaban J connectivity index is 1.45. The largest absolute Gasteiger partial charge is 0.382 e. The van der Waals surface area contributed by atoms with Crippen molar-refractivity contribution >= 4 is 17.6 Å². The van der Waals surface area contributed by atoms with Crippen molar-refractivity contribution in [2.45, 2.75) is 38.0 Å². The van der Waals surface area contributed by atoms with Crippen molar-refractivity contribution in [2.75, 3.05) is 12.8 Å². The van der Waals surface area contributed by atoms with Gasteiger partial charge in [-0.1, -0.05) is 42.5 Å². The first-order valence-electron chi connectivity index (χ1n) is 11.0. The van der Waals surface area contributed by atoms with Crippen LogP contribution in [0.5, 0.6) is 0 Å². The Labute approximate surface area is 192 Å². The minimum Gasteiger partial charge on any atom is -0.382 e. The van der Waals surface area contributed by atoms with Crippen LogP contribution in [0.2, 0.25) is 0 Å². The number of amides is 2. The average molecular weight is 446 g/mol. The van der Waals surface area contributed by atoms with Gasteiger partial charge in [-0.3, -0.25) is 9.59 Å². The fraction of sp³-hybridized carbons (Fsp3) is 0.280. The first kappa shape index (κ1) is 22.4. The van der Waals surface area contributed by atoms with Crippen LogP contribution < -0.4 is 16.4 Å². The molecule has 1 aliphatic carbocycles. The number of rotatable bonds is 7. The second kappa shape index (κ2) is 10.2. The topological polar surface area (TPSA) is 119 Å². The van der Waals surface area contributed by atoms with E-state index in [-0.39, 0.29) is 29.6 Å². The number of carbonyl (C=O) groups is 2. The quantitative estimate of drug-likeness (QED) is 0.514. The minimum absolute atomic E-state index is 0.0181. The molecule has 170 valence electrons. The summed E-state index contributed by atoms with van der Waals surface area (Å²) in [6, 6.07) is 17.0. The van der Waals surface area contributed by atoms with Gasteiger partial charge in [-0.15, -0.1) is 0 Å². The molecular weight excluding hydrogens is 418 g/mol. The predicted octanol–water partition coefficient (Wildman–Crippen LogP) is 2.95. The van der Waals surface area contributed by atoms with Crippen LogP contribution in [0, 0.1) is 0 Å². The Kier molecular flexibility index (Phi) is 6.95. The first-order chi connectivity index (χ1) is 16.0. The van der Waals surface area contributed by atoms with E-state index >= 15 is 0 Å². The standard InChI is InChI=1S/C25H27N5O3/c1-27-25(32)22-23(26)28-14-20(29-22)17-9-5-10-18(13-17)24(31)30-19-11-6-12-21(19)33-15-16-7-3-2-4-8-16/h2-5,7-10,13-14,19,21H,6,11-12,15H2,1H3,(H2,26,28)(H,27,32)(H,30,31)/t19-,21-/m1/s1. The summed E-state index contributed by atoms with van der Waals surface area (Å²) in [5, 5.41) is 5.62. The Hall–Kier alpha value is -3.78. The molecule has 1 fully saturated rings. The van der Waals surface area contributed by atoms with Crippen LogP contribution in [0.25, 0.3) is 11.3 Å². The predicted molar refractivity (Wildman–Crippen MR) is 125 cm³/mol. The molecule has 0 aliphatic heterocycles. The molecule has 0 bridgehead atoms. The van der Waals surface area contributed by atoms with Crippen molar-refractivity contribution in [3.05, 3.63) is 77.6 Å². The van der Waals surface area contributed by atoms with Gasteiger partial charge in [0, 0.05) is 18.2 Å². The summed E-state index contributed by atoms with van der Waals surface area (Å²) in [4.78, 5) is 33.4. The summed E-state index contributed by atoms with van der Waals surface area (Å²) in [7, 11) is 1.50. The van der Waals surface area contributed by atoms with Crippen LogP contribution in [0.4, 0.5) is 5.82 Å². The lowest BCUT2D eigenvalue weighted by molar-refractivity contribution is 0.0272. The van der Waals surface area contributed by atoms with Crippen molar-refractivity contribution in [3.8, 4) is 11.3 Å². The van der Waals surface area contributed by atoms with Gasteiger partial charge in [-0.2, -0.15) is 0 Å². The van der Waals surface area contributed by atoms with Crippen molar-refractivity contribution < 1.29 is 14.3 Å². The van der Waals surface area contributed by atoms with Crippen LogP contribution in [-0.2, 0) is 11.3 Å². The van der Waals surface area contributed by atoms with Crippen LogP contribution in [-0.4, -0.2) is 41.0 Å². The number of aromatic nitrogens is 2. The van der Waals surface area contributed by atoms with Crippen LogP contribution in [0.15, 0.2) is 60.8 Å². The molecule has 3 aromatic rings. The maximum atomic E-state index is 13.0. The number of ether oxygens (including phenoxy) is 1. The third kappa shape index (κ3) is 5.35. The molecule has 2 amide bonds. The van der Waals surface area contributed by atoms with Gasteiger partial charge < -0.3 is 21.1 Å². The molecular formula is C25H27N5O3. The molecule has 1 aromatic heterocycles. The maximum absolute atomic E-state index is 13.0. The monoisotopic (exact) mass is 445 g/mol. The van der Waals surface area contributed by atoms with E-state index in [1.54, 1.807) is 18.2 Å². The van der Waals surface area contributed by atoms with E-state index in [4.69, 9.17) is 10.5 Å². The average Bonchev–Trinajstić information content (AvgIpc) is 3.30. The summed E-state index contributed by atoms with van der Waals surface area (Å²) >= 11 is 0. The fourth-order valence-electron chi connectivity index (χ4n) is 3.96. The van der Waals surface area contributed by atoms with Crippen LogP contribution in [0.1, 0.15) is 45.7 Å². The number of carbonyl (C=O) groups excluding carboxylic acids is 2. The van der Waals surface area contributed by atoms with Crippen molar-refractivity contribution in [1.29, 1.82) is 0 Å². The van der Waals surface area contributed by atoms with Crippen molar-refractivity contribution in [2.24, 2.45) is 0 Å². The maximum Gasteiger partial charge on any atom is 0.273 e. The van der Waals surface area contributed by atoms with Crippen molar-refractivity contribution in [1.82, 2.24) is 20.6 Å². The summed E-state index contributed by atoms with van der Waals surface area (Å²) < 4.78 is 6.11. The second-order valence-electron chi connectivity index (χ2n) is 7.99. The molecule has 4 N–H and O–H groups in total. The lowest BCUT2D eigenvalue weighted by Crippen LogP contribution is -2.41. The molecule has 1 saturated carbocycles. The van der Waals surface area contributed by atoms with E-state index < -0.39 is 5.91 Å². The highest BCUT2D eigenvalue weighted by Gasteiger charge is 2.29. The lowest BCUT2D eigenvalue weighted by atomic mass is 10.1. The molecule has 8 heteroatoms. The van der Waals surface area contributed by atoms with E-state index in [0.29, 0.717) is 23.4 Å². The Morgan fingerprint density at radius 3 is 2.70 bits per heavy atom. The van der Waals surface area contributed by atoms with Gasteiger partial charge in [0.2, 0.25) is 0 Å². The number of hydrogen-bond acceptors (Lipinski definition) is 6. The minimum atomic E-state index is -0.418. The number of nitrogen functional groups attached to an aromatic ring is 1. The number of nitrogens with two attached hydrogens (primary N) is 1. The lowest BCUT2D eigenvalue weighted by Gasteiger charge is -2.22. The Morgan fingerprint density at radius 1 is 1.09 bits per heavy atom. The summed E-state index contributed by atoms with van der Waals surface area (Å²) in [6.45, 7) is 0.525. The second-order valence-corrected chi connectivity index (χ2v) is 7.99. The number of nitrogens with one attached hydrogen (secondary N) is 2. The molecule has 4 rings (SSSR count). The highest BCUT2D eigenvalue weighted by Crippen LogP contribution is 2.25. The third-order valence-electron chi connectivity index (χ3n) is 5.74. The summed E-state index contributed by atoms with van der Waals surface area (Å²) in [5.74, 6) is -0.541. The number of nitrogens with zero attached hydrogens (tertiary/aromatic N) is 2. The van der Waals surface area contributed by atoms with E-state index in [1.165, 1.54) is 13.2 Å². The molecule has 1 heterocycles. The van der Waals surface area contributed by atoms with Gasteiger partial charge in [0.1, 0.15) is 0 Å². The first-order valence-corrected chi connectivity index (χ1v) is 11.0. The molecule has 2 atom stereocenters. The molecule has 0 unspecified atom stereocenters. The van der Waals surface area contributed by atoms with Gasteiger partial charge in [0.05, 0.1) is 30.6 Å². The van der Waals surface area contributed by atoms with Gasteiger partial charge in [0.25, 0.3) is 11.8 Å². The molecule has 8 nitrogen and oxygen atoms in total. The van der Waals surface area contributed by atoms with E-state index in [1.807, 2.05) is 36.4 Å². The Bertz CT molecular complexity index is 1140. The molecule has 0 spiro atoms. The number of hydrogen-bond donors (Lipinski definition) is 3. The zero-order valence-corrected chi connectivity index (χ0v) is 18.5. The number of anilines is 1. The molecule has 0 saturated heterocycles. The van der Waals surface area contributed by atoms with Crippen LogP contribution >= 0.6 is 0 Å². The summed E-state index contributed by atoms with van der Waals surface area (Å²) in [6.07, 6.45) is 4.28.